The third-order valence-corrected chi connectivity index (χ3v) is 3.16. The molecule has 0 amide bonds. The summed E-state index contributed by atoms with van der Waals surface area (Å²) in [6.07, 6.45) is 5.92. The van der Waals surface area contributed by atoms with Crippen molar-refractivity contribution in [3.8, 4) is 0 Å². The molecule has 1 N–H and O–H groups in total. The van der Waals surface area contributed by atoms with Gasteiger partial charge in [0.1, 0.15) is 0 Å². The summed E-state index contributed by atoms with van der Waals surface area (Å²) in [7, 11) is 4.10. The second kappa shape index (κ2) is 6.69. The van der Waals surface area contributed by atoms with Gasteiger partial charge in [0, 0.05) is 25.2 Å². The molecule has 1 atom stereocenters. The molecule has 1 aromatic heterocycles. The second-order valence-corrected chi connectivity index (χ2v) is 4.44. The van der Waals surface area contributed by atoms with Crippen molar-refractivity contribution < 1.29 is 0 Å². The van der Waals surface area contributed by atoms with Crippen molar-refractivity contribution in [3.05, 3.63) is 17.5 Å². The van der Waals surface area contributed by atoms with Crippen LogP contribution in [0.15, 0.2) is 6.07 Å². The van der Waals surface area contributed by atoms with Crippen molar-refractivity contribution >= 4 is 0 Å². The van der Waals surface area contributed by atoms with Crippen LogP contribution in [-0.4, -0.2) is 22.9 Å². The topological polar surface area (TPSA) is 29.9 Å². The van der Waals surface area contributed by atoms with E-state index >= 15 is 0 Å². The van der Waals surface area contributed by atoms with E-state index < -0.39 is 0 Å². The number of hydrogen-bond acceptors (Lipinski definition) is 2. The van der Waals surface area contributed by atoms with Crippen molar-refractivity contribution in [2.75, 3.05) is 7.05 Å². The van der Waals surface area contributed by atoms with E-state index in [0.29, 0.717) is 6.04 Å². The number of nitrogens with zero attached hydrogens (tertiary/aromatic N) is 2. The smallest absolute Gasteiger partial charge is 0.0624 e. The number of rotatable bonds is 7. The molecule has 0 fully saturated rings. The van der Waals surface area contributed by atoms with Crippen LogP contribution in [0, 0.1) is 0 Å². The van der Waals surface area contributed by atoms with Crippen LogP contribution in [-0.2, 0) is 19.9 Å². The van der Waals surface area contributed by atoms with Crippen LogP contribution in [0.2, 0.25) is 0 Å². The maximum absolute atomic E-state index is 4.49. The molecular formula is C13H25N3. The number of aryl methyl sites for hydroxylation is 2. The molecular weight excluding hydrogens is 198 g/mol. The fraction of sp³-hybridized carbons (Fsp3) is 0.769. The van der Waals surface area contributed by atoms with Gasteiger partial charge in [0.2, 0.25) is 0 Å². The lowest BCUT2D eigenvalue weighted by Gasteiger charge is -2.15. The average Bonchev–Trinajstić information content (AvgIpc) is 2.65. The minimum Gasteiger partial charge on any atom is -0.317 e. The quantitative estimate of drug-likeness (QED) is 0.768. The van der Waals surface area contributed by atoms with Crippen LogP contribution in [0.4, 0.5) is 0 Å². The normalized spacial score (nSPS) is 13.0. The molecule has 1 rings (SSSR count). The highest BCUT2D eigenvalue weighted by Gasteiger charge is 2.10. The molecule has 0 bridgehead atoms. The summed E-state index contributed by atoms with van der Waals surface area (Å²) in [6.45, 7) is 4.39. The first-order valence-electron chi connectivity index (χ1n) is 6.40. The highest BCUT2D eigenvalue weighted by atomic mass is 15.3. The van der Waals surface area contributed by atoms with E-state index in [2.05, 4.69) is 37.4 Å². The summed E-state index contributed by atoms with van der Waals surface area (Å²) in [5.41, 5.74) is 2.54. The van der Waals surface area contributed by atoms with E-state index in [0.717, 1.165) is 12.8 Å². The lowest BCUT2D eigenvalue weighted by molar-refractivity contribution is 0.484. The molecule has 0 saturated carbocycles. The minimum atomic E-state index is 0.583. The zero-order chi connectivity index (χ0) is 12.0. The Morgan fingerprint density at radius 3 is 2.69 bits per heavy atom. The van der Waals surface area contributed by atoms with Crippen molar-refractivity contribution in [1.82, 2.24) is 15.1 Å². The molecule has 1 heterocycles. The fourth-order valence-electron chi connectivity index (χ4n) is 1.99. The Morgan fingerprint density at radius 2 is 2.19 bits per heavy atom. The van der Waals surface area contributed by atoms with Crippen LogP contribution in [0.1, 0.15) is 44.5 Å². The third kappa shape index (κ3) is 3.63. The summed E-state index contributed by atoms with van der Waals surface area (Å²) in [6, 6.07) is 2.82. The summed E-state index contributed by atoms with van der Waals surface area (Å²) < 4.78 is 2.02. The first-order chi connectivity index (χ1) is 7.71. The maximum atomic E-state index is 4.49. The minimum absolute atomic E-state index is 0.583. The fourth-order valence-corrected chi connectivity index (χ4v) is 1.99. The van der Waals surface area contributed by atoms with E-state index in [1.165, 1.54) is 30.7 Å². The Labute approximate surface area is 99.2 Å². The predicted octanol–water partition coefficient (Wildman–Crippen LogP) is 2.30. The molecule has 0 spiro atoms. The van der Waals surface area contributed by atoms with Crippen molar-refractivity contribution in [1.29, 1.82) is 0 Å². The lowest BCUT2D eigenvalue weighted by atomic mass is 10.0. The number of nitrogens with one attached hydrogen (secondary N) is 1. The molecule has 0 aliphatic heterocycles. The molecule has 0 aromatic carbocycles. The SMILES string of the molecule is CCCCC(Cc1cc(CC)nn1C)NC. The van der Waals surface area contributed by atoms with Gasteiger partial charge < -0.3 is 5.32 Å². The average molecular weight is 223 g/mol. The van der Waals surface area contributed by atoms with Gasteiger partial charge in [0.25, 0.3) is 0 Å². The van der Waals surface area contributed by atoms with E-state index in [1.54, 1.807) is 0 Å². The standard InChI is InChI=1S/C13H25N3/c1-5-7-8-12(14-3)10-13-9-11(6-2)15-16(13)4/h9,12,14H,5-8,10H2,1-4H3. The second-order valence-electron chi connectivity index (χ2n) is 4.44. The molecule has 3 heteroatoms. The van der Waals surface area contributed by atoms with Gasteiger partial charge in [0.05, 0.1) is 5.69 Å². The van der Waals surface area contributed by atoms with Crippen molar-refractivity contribution in [2.45, 2.75) is 52.0 Å². The molecule has 1 aromatic rings. The molecule has 0 aliphatic rings. The van der Waals surface area contributed by atoms with Gasteiger partial charge in [-0.15, -0.1) is 0 Å². The van der Waals surface area contributed by atoms with Gasteiger partial charge in [-0.1, -0.05) is 26.7 Å². The first kappa shape index (κ1) is 13.2. The molecule has 3 nitrogen and oxygen atoms in total. The molecule has 0 aliphatic carbocycles. The van der Waals surface area contributed by atoms with E-state index in [4.69, 9.17) is 0 Å². The highest BCUT2D eigenvalue weighted by Crippen LogP contribution is 2.10. The summed E-state index contributed by atoms with van der Waals surface area (Å²) in [5.74, 6) is 0. The number of unbranched alkanes of at least 4 members (excludes halogenated alkanes) is 1. The van der Waals surface area contributed by atoms with Crippen molar-refractivity contribution in [2.24, 2.45) is 7.05 Å². The Balaban J connectivity index is 2.58. The lowest BCUT2D eigenvalue weighted by Crippen LogP contribution is -2.28. The van der Waals surface area contributed by atoms with Gasteiger partial charge in [-0.2, -0.15) is 5.10 Å². The van der Waals surface area contributed by atoms with Gasteiger partial charge in [-0.3, -0.25) is 4.68 Å². The molecule has 0 radical (unpaired) electrons. The van der Waals surface area contributed by atoms with Gasteiger partial charge in [0.15, 0.2) is 0 Å². The van der Waals surface area contributed by atoms with E-state index in [9.17, 15) is 0 Å². The monoisotopic (exact) mass is 223 g/mol. The van der Waals surface area contributed by atoms with Crippen LogP contribution in [0.5, 0.6) is 0 Å². The highest BCUT2D eigenvalue weighted by molar-refractivity contribution is 5.11. The zero-order valence-electron chi connectivity index (χ0n) is 11.1. The Hall–Kier alpha value is -0.830. The van der Waals surface area contributed by atoms with Crippen molar-refractivity contribution in [3.63, 3.8) is 0 Å². The van der Waals surface area contributed by atoms with E-state index in [-0.39, 0.29) is 0 Å². The molecule has 0 saturated heterocycles. The molecule has 92 valence electrons. The number of aromatic nitrogens is 2. The van der Waals surface area contributed by atoms with Gasteiger partial charge in [-0.25, -0.2) is 0 Å². The predicted molar refractivity (Wildman–Crippen MR) is 68.7 cm³/mol. The van der Waals surface area contributed by atoms with Crippen LogP contribution in [0.25, 0.3) is 0 Å². The van der Waals surface area contributed by atoms with Crippen LogP contribution in [0.3, 0.4) is 0 Å². The third-order valence-electron chi connectivity index (χ3n) is 3.16. The zero-order valence-corrected chi connectivity index (χ0v) is 11.1. The number of likely N-dealkylation sites (N-methyl/N-ethyl adjacent to an activating group) is 1. The Bertz CT molecular complexity index is 304. The first-order valence-corrected chi connectivity index (χ1v) is 6.40. The van der Waals surface area contributed by atoms with E-state index in [1.807, 2.05) is 11.7 Å². The summed E-state index contributed by atoms with van der Waals surface area (Å²) >= 11 is 0. The largest absolute Gasteiger partial charge is 0.317 e. The summed E-state index contributed by atoms with van der Waals surface area (Å²) in [4.78, 5) is 0. The van der Waals surface area contributed by atoms with Gasteiger partial charge >= 0.3 is 0 Å². The maximum Gasteiger partial charge on any atom is 0.0624 e. The molecule has 16 heavy (non-hydrogen) atoms. The Morgan fingerprint density at radius 1 is 1.44 bits per heavy atom. The van der Waals surface area contributed by atoms with Crippen LogP contribution >= 0.6 is 0 Å². The van der Waals surface area contributed by atoms with Gasteiger partial charge in [-0.05, 0) is 26.0 Å². The number of hydrogen-bond donors (Lipinski definition) is 1. The summed E-state index contributed by atoms with van der Waals surface area (Å²) in [5, 5.41) is 7.88. The van der Waals surface area contributed by atoms with Crippen LogP contribution < -0.4 is 5.32 Å². The Kier molecular flexibility index (Phi) is 5.53. The molecule has 1 unspecified atom stereocenters.